The maximum Gasteiger partial charge on any atom is 0.238 e. The number of carbonyl (C=O) groups is 1. The fourth-order valence-electron chi connectivity index (χ4n) is 3.15. The van der Waals surface area contributed by atoms with Crippen LogP contribution in [0.2, 0.25) is 0 Å². The predicted molar refractivity (Wildman–Crippen MR) is 101 cm³/mol. The highest BCUT2D eigenvalue weighted by Gasteiger charge is 2.35. The first-order chi connectivity index (χ1) is 11.9. The number of hydrogen-bond donors (Lipinski definition) is 0. The van der Waals surface area contributed by atoms with Gasteiger partial charge < -0.3 is 9.64 Å². The quantitative estimate of drug-likeness (QED) is 0.617. The highest BCUT2D eigenvalue weighted by Crippen LogP contribution is 2.41. The molecule has 1 aromatic carbocycles. The summed E-state index contributed by atoms with van der Waals surface area (Å²) in [6, 6.07) is 7.61. The molecule has 6 heteroatoms. The Bertz CT molecular complexity index is 819. The van der Waals surface area contributed by atoms with E-state index in [2.05, 4.69) is 23.0 Å². The van der Waals surface area contributed by atoms with Crippen LogP contribution in [0.4, 0.5) is 5.69 Å². The van der Waals surface area contributed by atoms with Gasteiger partial charge in [0.1, 0.15) is 5.75 Å². The number of fused-ring (bicyclic) bond motifs is 1. The van der Waals surface area contributed by atoms with Crippen LogP contribution in [0.5, 0.6) is 5.75 Å². The van der Waals surface area contributed by atoms with Crippen LogP contribution in [0.25, 0.3) is 5.57 Å². The molecule has 130 valence electrons. The Morgan fingerprint density at radius 3 is 2.68 bits per heavy atom. The van der Waals surface area contributed by atoms with E-state index in [0.717, 1.165) is 22.6 Å². The van der Waals surface area contributed by atoms with Crippen LogP contribution in [0.3, 0.4) is 0 Å². The number of rotatable bonds is 4. The highest BCUT2D eigenvalue weighted by molar-refractivity contribution is 7.99. The molecule has 0 fully saturated rings. The monoisotopic (exact) mass is 355 g/mol. The van der Waals surface area contributed by atoms with Crippen molar-refractivity contribution in [2.75, 3.05) is 17.8 Å². The van der Waals surface area contributed by atoms with E-state index in [1.165, 1.54) is 11.8 Å². The number of aromatic nitrogens is 2. The zero-order valence-electron chi connectivity index (χ0n) is 14.8. The molecule has 0 unspecified atom stereocenters. The fourth-order valence-corrected chi connectivity index (χ4v) is 3.80. The minimum Gasteiger partial charge on any atom is -0.497 e. The van der Waals surface area contributed by atoms with Gasteiger partial charge >= 0.3 is 0 Å². The third-order valence-corrected chi connectivity index (χ3v) is 4.99. The lowest BCUT2D eigenvalue weighted by Crippen LogP contribution is -2.49. The normalized spacial score (nSPS) is 15.4. The second-order valence-electron chi connectivity index (χ2n) is 6.41. The number of methoxy groups -OCH3 is 1. The number of carbonyl (C=O) groups excluding carboxylic acids is 1. The standard InChI is InChI=1S/C19H21N3O2S/c1-13-11-19(2,3)22(16-10-14(24-4)6-7-15(13)16)17(23)12-25-18-20-8-5-9-21-18/h5-11H,12H2,1-4H3. The summed E-state index contributed by atoms with van der Waals surface area (Å²) in [5.41, 5.74) is 2.67. The summed E-state index contributed by atoms with van der Waals surface area (Å²) >= 11 is 1.34. The van der Waals surface area contributed by atoms with Crippen molar-refractivity contribution in [3.05, 3.63) is 48.3 Å². The van der Waals surface area contributed by atoms with Crippen LogP contribution in [0, 0.1) is 0 Å². The van der Waals surface area contributed by atoms with E-state index < -0.39 is 5.54 Å². The van der Waals surface area contributed by atoms with E-state index in [4.69, 9.17) is 4.74 Å². The van der Waals surface area contributed by atoms with Gasteiger partial charge in [0, 0.05) is 24.0 Å². The second kappa shape index (κ2) is 6.88. The SMILES string of the molecule is COc1ccc2c(c1)N(C(=O)CSc1ncccn1)C(C)(C)C=C2C. The summed E-state index contributed by atoms with van der Waals surface area (Å²) in [4.78, 5) is 23.2. The van der Waals surface area contributed by atoms with Crippen molar-refractivity contribution < 1.29 is 9.53 Å². The van der Waals surface area contributed by atoms with Gasteiger partial charge in [0.2, 0.25) is 5.91 Å². The van der Waals surface area contributed by atoms with Gasteiger partial charge in [-0.15, -0.1) is 0 Å². The van der Waals surface area contributed by atoms with Gasteiger partial charge in [-0.25, -0.2) is 9.97 Å². The third-order valence-electron chi connectivity index (χ3n) is 4.13. The maximum atomic E-state index is 13.0. The van der Waals surface area contributed by atoms with Crippen molar-refractivity contribution in [3.63, 3.8) is 0 Å². The number of amides is 1. The molecule has 1 aliphatic rings. The highest BCUT2D eigenvalue weighted by atomic mass is 32.2. The number of benzene rings is 1. The average Bonchev–Trinajstić information content (AvgIpc) is 2.59. The van der Waals surface area contributed by atoms with Crippen molar-refractivity contribution in [1.82, 2.24) is 9.97 Å². The molecule has 0 spiro atoms. The molecule has 5 nitrogen and oxygen atoms in total. The van der Waals surface area contributed by atoms with E-state index in [9.17, 15) is 4.79 Å². The first kappa shape index (κ1) is 17.5. The minimum absolute atomic E-state index is 0.0145. The fraction of sp³-hybridized carbons (Fsp3) is 0.316. The van der Waals surface area contributed by atoms with Gasteiger partial charge in [0.25, 0.3) is 0 Å². The number of hydrogen-bond acceptors (Lipinski definition) is 5. The van der Waals surface area contributed by atoms with E-state index in [1.54, 1.807) is 25.6 Å². The van der Waals surface area contributed by atoms with Crippen molar-refractivity contribution in [1.29, 1.82) is 0 Å². The molecule has 0 saturated carbocycles. The van der Waals surface area contributed by atoms with Gasteiger partial charge in [-0.1, -0.05) is 17.8 Å². The van der Waals surface area contributed by atoms with Crippen LogP contribution >= 0.6 is 11.8 Å². The largest absolute Gasteiger partial charge is 0.497 e. The van der Waals surface area contributed by atoms with Crippen LogP contribution in [0.1, 0.15) is 26.3 Å². The molecule has 0 saturated heterocycles. The molecule has 0 aliphatic carbocycles. The predicted octanol–water partition coefficient (Wildman–Crippen LogP) is 3.81. The lowest BCUT2D eigenvalue weighted by Gasteiger charge is -2.41. The topological polar surface area (TPSA) is 55.3 Å². The Kier molecular flexibility index (Phi) is 4.81. The zero-order chi connectivity index (χ0) is 18.0. The summed E-state index contributed by atoms with van der Waals surface area (Å²) in [5, 5.41) is 0.600. The number of nitrogens with zero attached hydrogens (tertiary/aromatic N) is 3. The molecule has 0 atom stereocenters. The van der Waals surface area contributed by atoms with Gasteiger partial charge in [0.15, 0.2) is 5.16 Å². The summed E-state index contributed by atoms with van der Waals surface area (Å²) in [7, 11) is 1.63. The molecule has 1 aromatic heterocycles. The lowest BCUT2D eigenvalue weighted by molar-refractivity contribution is -0.116. The van der Waals surface area contributed by atoms with Gasteiger partial charge in [-0.2, -0.15) is 0 Å². The Hall–Kier alpha value is -2.34. The molecule has 2 aromatic rings. The number of anilines is 1. The second-order valence-corrected chi connectivity index (χ2v) is 7.36. The minimum atomic E-state index is -0.418. The van der Waals surface area contributed by atoms with Crippen LogP contribution in [-0.2, 0) is 4.79 Å². The Labute approximate surface area is 152 Å². The van der Waals surface area contributed by atoms with Crippen molar-refractivity contribution in [2.24, 2.45) is 0 Å². The van der Waals surface area contributed by atoms with E-state index in [-0.39, 0.29) is 11.7 Å². The number of allylic oxidation sites excluding steroid dienone is 1. The summed E-state index contributed by atoms with van der Waals surface area (Å²) in [6.45, 7) is 6.16. The molecule has 1 aliphatic heterocycles. The molecule has 3 rings (SSSR count). The van der Waals surface area contributed by atoms with E-state index >= 15 is 0 Å². The summed E-state index contributed by atoms with van der Waals surface area (Å²) in [6.07, 6.45) is 5.48. The van der Waals surface area contributed by atoms with E-state index in [0.29, 0.717) is 5.16 Å². The zero-order valence-corrected chi connectivity index (χ0v) is 15.6. The molecule has 0 bridgehead atoms. The Morgan fingerprint density at radius 2 is 2.00 bits per heavy atom. The molecular formula is C19H21N3O2S. The summed E-state index contributed by atoms with van der Waals surface area (Å²) < 4.78 is 5.36. The van der Waals surface area contributed by atoms with Gasteiger partial charge in [-0.3, -0.25) is 4.79 Å². The summed E-state index contributed by atoms with van der Waals surface area (Å²) in [5.74, 6) is 1.03. The third kappa shape index (κ3) is 3.54. The number of thioether (sulfide) groups is 1. The lowest BCUT2D eigenvalue weighted by atomic mass is 9.88. The first-order valence-corrected chi connectivity index (χ1v) is 9.01. The van der Waals surface area contributed by atoms with Crippen LogP contribution in [-0.4, -0.2) is 34.3 Å². The van der Waals surface area contributed by atoms with Crippen LogP contribution in [0.15, 0.2) is 47.9 Å². The van der Waals surface area contributed by atoms with Gasteiger partial charge in [0.05, 0.1) is 24.1 Å². The van der Waals surface area contributed by atoms with Crippen molar-refractivity contribution in [3.8, 4) is 5.75 Å². The molecule has 25 heavy (non-hydrogen) atoms. The first-order valence-electron chi connectivity index (χ1n) is 8.03. The molecule has 1 amide bonds. The maximum absolute atomic E-state index is 13.0. The van der Waals surface area contributed by atoms with Crippen LogP contribution < -0.4 is 9.64 Å². The molecular weight excluding hydrogens is 334 g/mol. The van der Waals surface area contributed by atoms with E-state index in [1.807, 2.05) is 36.9 Å². The van der Waals surface area contributed by atoms with Crippen molar-refractivity contribution in [2.45, 2.75) is 31.5 Å². The van der Waals surface area contributed by atoms with Crippen molar-refractivity contribution >= 4 is 28.9 Å². The number of ether oxygens (including phenoxy) is 1. The molecule has 2 heterocycles. The Morgan fingerprint density at radius 1 is 1.28 bits per heavy atom. The Balaban J connectivity index is 1.92. The average molecular weight is 355 g/mol. The van der Waals surface area contributed by atoms with Gasteiger partial charge in [-0.05, 0) is 44.5 Å². The molecule has 0 N–H and O–H groups in total. The molecule has 0 radical (unpaired) electrons. The smallest absolute Gasteiger partial charge is 0.238 e.